The molecule has 0 unspecified atom stereocenters. The van der Waals surface area contributed by atoms with Crippen LogP contribution in [0.3, 0.4) is 0 Å². The molecule has 0 atom stereocenters. The predicted molar refractivity (Wildman–Crippen MR) is 87.0 cm³/mol. The van der Waals surface area contributed by atoms with Crippen LogP contribution in [0.25, 0.3) is 0 Å². The molecule has 1 aromatic heterocycles. The lowest BCUT2D eigenvalue weighted by atomic mass is 9.84. The van der Waals surface area contributed by atoms with Crippen LogP contribution in [0.4, 0.5) is 11.5 Å². The first-order chi connectivity index (χ1) is 12.0. The van der Waals surface area contributed by atoms with Gasteiger partial charge in [0.05, 0.1) is 5.69 Å². The van der Waals surface area contributed by atoms with Crippen molar-refractivity contribution in [2.24, 2.45) is 10.2 Å². The zero-order valence-electron chi connectivity index (χ0n) is 12.6. The Kier molecular flexibility index (Phi) is 3.17. The van der Waals surface area contributed by atoms with Gasteiger partial charge in [-0.1, -0.05) is 24.3 Å². The van der Waals surface area contributed by atoms with E-state index in [1.807, 2.05) is 0 Å². The van der Waals surface area contributed by atoms with Crippen LogP contribution in [0.5, 0.6) is 5.88 Å². The van der Waals surface area contributed by atoms with Gasteiger partial charge >= 0.3 is 5.69 Å². The summed E-state index contributed by atoms with van der Waals surface area (Å²) in [7, 11) is 0. The number of aromatic hydroxyl groups is 1. The molecule has 8 heteroatoms. The third kappa shape index (κ3) is 2.36. The SMILES string of the molecule is O=C1c2ccccc2C(=O)c2cc(N=Nc3[nH]c(=O)[nH]c3O)ccc21. The summed E-state index contributed by atoms with van der Waals surface area (Å²) in [6.45, 7) is 0. The number of hydrogen-bond donors (Lipinski definition) is 3. The number of H-pyrrole nitrogens is 2. The minimum atomic E-state index is -0.616. The van der Waals surface area contributed by atoms with Crippen molar-refractivity contribution in [3.63, 3.8) is 0 Å². The largest absolute Gasteiger partial charge is 0.492 e. The number of nitrogens with one attached hydrogen (secondary N) is 2. The van der Waals surface area contributed by atoms with Crippen LogP contribution in [0.1, 0.15) is 31.8 Å². The molecular weight excluding hydrogens is 324 g/mol. The number of fused-ring (bicyclic) bond motifs is 2. The van der Waals surface area contributed by atoms with Crippen molar-refractivity contribution in [1.29, 1.82) is 0 Å². The monoisotopic (exact) mass is 334 g/mol. The van der Waals surface area contributed by atoms with Gasteiger partial charge in [-0.25, -0.2) is 4.79 Å². The molecule has 0 amide bonds. The Balaban J connectivity index is 1.75. The van der Waals surface area contributed by atoms with Crippen LogP contribution in [0.15, 0.2) is 57.5 Å². The smallest absolute Gasteiger partial charge is 0.327 e. The molecule has 3 N–H and O–H groups in total. The number of aromatic nitrogens is 2. The van der Waals surface area contributed by atoms with Crippen molar-refractivity contribution in [3.8, 4) is 5.88 Å². The predicted octanol–water partition coefficient (Wildman–Crippen LogP) is 2.60. The van der Waals surface area contributed by atoms with Crippen molar-refractivity contribution in [3.05, 3.63) is 75.2 Å². The van der Waals surface area contributed by atoms with Crippen LogP contribution in [-0.4, -0.2) is 26.6 Å². The first-order valence-electron chi connectivity index (χ1n) is 7.30. The minimum absolute atomic E-state index is 0.129. The van der Waals surface area contributed by atoms with Crippen LogP contribution >= 0.6 is 0 Å². The maximum Gasteiger partial charge on any atom is 0.327 e. The summed E-state index contributed by atoms with van der Waals surface area (Å²) < 4.78 is 0. The number of hydrogen-bond acceptors (Lipinski definition) is 6. The fraction of sp³-hybridized carbons (Fsp3) is 0. The Labute approximate surface area is 139 Å². The number of benzene rings is 2. The second-order valence-electron chi connectivity index (χ2n) is 5.41. The van der Waals surface area contributed by atoms with Crippen molar-refractivity contribution >= 4 is 23.1 Å². The summed E-state index contributed by atoms with van der Waals surface area (Å²) >= 11 is 0. The molecule has 0 fully saturated rings. The van der Waals surface area contributed by atoms with E-state index >= 15 is 0 Å². The molecule has 1 aliphatic carbocycles. The summed E-state index contributed by atoms with van der Waals surface area (Å²) in [5.74, 6) is -1.05. The molecule has 0 radical (unpaired) electrons. The summed E-state index contributed by atoms with van der Waals surface area (Å²) in [6.07, 6.45) is 0. The van der Waals surface area contributed by atoms with Gasteiger partial charge in [0.1, 0.15) is 0 Å². The van der Waals surface area contributed by atoms with E-state index in [1.54, 1.807) is 24.3 Å². The van der Waals surface area contributed by atoms with Gasteiger partial charge in [-0.2, -0.15) is 0 Å². The summed E-state index contributed by atoms with van der Waals surface area (Å²) in [6, 6.07) is 11.1. The topological polar surface area (TPSA) is 128 Å². The van der Waals surface area contributed by atoms with E-state index in [-0.39, 0.29) is 22.9 Å². The van der Waals surface area contributed by atoms with Gasteiger partial charge in [0.25, 0.3) is 0 Å². The standard InChI is InChI=1S/C17H10N4O4/c22-13-9-3-1-2-4-10(9)14(23)12-7-8(5-6-11(12)13)20-21-15-16(24)19-17(25)18-15/h1-7,24H,(H2,18,19,25). The quantitative estimate of drug-likeness (QED) is 0.487. The molecule has 3 aromatic rings. The highest BCUT2D eigenvalue weighted by atomic mass is 16.3. The molecule has 1 aliphatic rings. The summed E-state index contributed by atoms with van der Waals surface area (Å²) in [5.41, 5.74) is 0.966. The number of imidazole rings is 1. The lowest BCUT2D eigenvalue weighted by molar-refractivity contribution is 0.0979. The van der Waals surface area contributed by atoms with Crippen LogP contribution < -0.4 is 5.69 Å². The van der Waals surface area contributed by atoms with E-state index in [1.165, 1.54) is 18.2 Å². The second kappa shape index (κ2) is 5.38. The van der Waals surface area contributed by atoms with Gasteiger partial charge in [-0.3, -0.25) is 19.6 Å². The molecule has 122 valence electrons. The van der Waals surface area contributed by atoms with Gasteiger partial charge in [-0.15, -0.1) is 10.2 Å². The molecule has 25 heavy (non-hydrogen) atoms. The first-order valence-corrected chi connectivity index (χ1v) is 7.30. The number of nitrogens with zero attached hydrogens (tertiary/aromatic N) is 2. The first kappa shape index (κ1) is 14.8. The van der Waals surface area contributed by atoms with E-state index in [9.17, 15) is 19.5 Å². The number of carbonyl (C=O) groups excluding carboxylic acids is 2. The molecule has 1 heterocycles. The number of rotatable bonds is 2. The van der Waals surface area contributed by atoms with Gasteiger partial charge in [0, 0.05) is 22.3 Å². The van der Waals surface area contributed by atoms with Gasteiger partial charge in [0.2, 0.25) is 11.7 Å². The lowest BCUT2D eigenvalue weighted by Crippen LogP contribution is -2.20. The molecule has 0 saturated carbocycles. The highest BCUT2D eigenvalue weighted by molar-refractivity contribution is 6.28. The number of aromatic amines is 2. The highest BCUT2D eigenvalue weighted by Crippen LogP contribution is 2.30. The molecule has 0 aliphatic heterocycles. The van der Waals surface area contributed by atoms with Crippen molar-refractivity contribution in [1.82, 2.24) is 9.97 Å². The molecule has 0 saturated heterocycles. The van der Waals surface area contributed by atoms with Crippen molar-refractivity contribution < 1.29 is 14.7 Å². The average Bonchev–Trinajstić information content (AvgIpc) is 2.95. The Morgan fingerprint density at radius 1 is 0.760 bits per heavy atom. The van der Waals surface area contributed by atoms with E-state index in [0.717, 1.165) is 0 Å². The lowest BCUT2D eigenvalue weighted by Gasteiger charge is -2.17. The number of azo groups is 1. The normalized spacial score (nSPS) is 13.1. The molecule has 0 bridgehead atoms. The maximum atomic E-state index is 12.6. The summed E-state index contributed by atoms with van der Waals surface area (Å²) in [4.78, 5) is 40.6. The fourth-order valence-corrected chi connectivity index (χ4v) is 2.69. The van der Waals surface area contributed by atoms with Crippen LogP contribution in [-0.2, 0) is 0 Å². The third-order valence-corrected chi connectivity index (χ3v) is 3.86. The number of carbonyl (C=O) groups is 2. The van der Waals surface area contributed by atoms with Crippen LogP contribution in [0, 0.1) is 0 Å². The average molecular weight is 334 g/mol. The van der Waals surface area contributed by atoms with Crippen LogP contribution in [0.2, 0.25) is 0 Å². The second-order valence-corrected chi connectivity index (χ2v) is 5.41. The van der Waals surface area contributed by atoms with E-state index in [2.05, 4.69) is 20.2 Å². The Hall–Kier alpha value is -3.81. The summed E-state index contributed by atoms with van der Waals surface area (Å²) in [5, 5.41) is 17.1. The van der Waals surface area contributed by atoms with Gasteiger partial charge in [-0.05, 0) is 18.2 Å². The van der Waals surface area contributed by atoms with E-state index in [4.69, 9.17) is 0 Å². The van der Waals surface area contributed by atoms with Gasteiger partial charge < -0.3 is 5.11 Å². The minimum Gasteiger partial charge on any atom is -0.492 e. The Morgan fingerprint density at radius 2 is 1.40 bits per heavy atom. The maximum absolute atomic E-state index is 12.6. The molecular formula is C17H10N4O4. The van der Waals surface area contributed by atoms with Crippen molar-refractivity contribution in [2.45, 2.75) is 0 Å². The van der Waals surface area contributed by atoms with E-state index in [0.29, 0.717) is 22.4 Å². The molecule has 4 rings (SSSR count). The molecule has 8 nitrogen and oxygen atoms in total. The zero-order valence-corrected chi connectivity index (χ0v) is 12.6. The third-order valence-electron chi connectivity index (χ3n) is 3.86. The number of ketones is 2. The highest BCUT2D eigenvalue weighted by Gasteiger charge is 2.29. The molecule has 0 spiro atoms. The molecule has 2 aromatic carbocycles. The van der Waals surface area contributed by atoms with Crippen molar-refractivity contribution in [2.75, 3.05) is 0 Å². The Bertz CT molecular complexity index is 1120. The van der Waals surface area contributed by atoms with E-state index < -0.39 is 11.6 Å². The zero-order chi connectivity index (χ0) is 17.6. The fourth-order valence-electron chi connectivity index (χ4n) is 2.69. The Morgan fingerprint density at radius 3 is 2.04 bits per heavy atom. The van der Waals surface area contributed by atoms with Gasteiger partial charge in [0.15, 0.2) is 11.6 Å².